The van der Waals surface area contributed by atoms with E-state index in [1.807, 2.05) is 6.61 Å². The second-order valence-corrected chi connectivity index (χ2v) is 2.83. The van der Waals surface area contributed by atoms with E-state index in [4.69, 9.17) is 9.47 Å². The summed E-state index contributed by atoms with van der Waals surface area (Å²) in [4.78, 5) is 0. The Balaban J connectivity index is 1.98. The van der Waals surface area contributed by atoms with Crippen molar-refractivity contribution in [2.45, 2.75) is 12.0 Å². The highest BCUT2D eigenvalue weighted by molar-refractivity contribution is 4.97. The lowest BCUT2D eigenvalue weighted by atomic mass is 10.0. The molecule has 10 heavy (non-hydrogen) atoms. The topological polar surface area (TPSA) is 30.5 Å². The van der Waals surface area contributed by atoms with Gasteiger partial charge in [0.2, 0.25) is 0 Å². The molecule has 0 amide bonds. The molecule has 1 unspecified atom stereocenters. The van der Waals surface area contributed by atoms with Crippen LogP contribution in [-0.2, 0) is 9.47 Å². The second-order valence-electron chi connectivity index (χ2n) is 2.83. The summed E-state index contributed by atoms with van der Waals surface area (Å²) in [7, 11) is 0. The molecule has 0 aromatic heterocycles. The molecule has 1 N–H and O–H groups in total. The lowest BCUT2D eigenvalue weighted by Gasteiger charge is -2.31. The van der Waals surface area contributed by atoms with Crippen molar-refractivity contribution in [2.75, 3.05) is 26.3 Å². The van der Waals surface area contributed by atoms with Gasteiger partial charge in [-0.15, -0.1) is 0 Å². The Morgan fingerprint density at radius 3 is 3.00 bits per heavy atom. The highest BCUT2D eigenvalue weighted by Gasteiger charge is 2.37. The Morgan fingerprint density at radius 2 is 2.40 bits per heavy atom. The summed E-state index contributed by atoms with van der Waals surface area (Å²) < 4.78 is 10.7. The molecule has 0 saturated carbocycles. The van der Waals surface area contributed by atoms with E-state index >= 15 is 0 Å². The maximum absolute atomic E-state index is 5.58. The summed E-state index contributed by atoms with van der Waals surface area (Å²) in [6, 6.07) is 0. The third kappa shape index (κ3) is 1.05. The predicted molar refractivity (Wildman–Crippen MR) is 36.4 cm³/mol. The molecule has 2 fully saturated rings. The Morgan fingerprint density at radius 1 is 1.40 bits per heavy atom. The van der Waals surface area contributed by atoms with Gasteiger partial charge in [0.1, 0.15) is 12.2 Å². The number of nitrogens with one attached hydrogen (secondary N) is 1. The van der Waals surface area contributed by atoms with Crippen LogP contribution in [0.3, 0.4) is 0 Å². The highest BCUT2D eigenvalue weighted by atomic mass is 16.6. The summed E-state index contributed by atoms with van der Waals surface area (Å²) in [6.07, 6.45) is 1.00. The standard InChI is InChI=1S/C7H12NO2/c1-3-9-6-7(1)5-8-2-4-10-7/h6,8H,1-5H2. The van der Waals surface area contributed by atoms with Gasteiger partial charge in [-0.3, -0.25) is 0 Å². The summed E-state index contributed by atoms with van der Waals surface area (Å²) in [5.74, 6) is 0. The van der Waals surface area contributed by atoms with Crippen LogP contribution in [0.4, 0.5) is 0 Å². The number of rotatable bonds is 0. The molecule has 2 saturated heterocycles. The molecular formula is C7H12NO2. The van der Waals surface area contributed by atoms with E-state index in [1.165, 1.54) is 0 Å². The SMILES string of the molecule is [CH]1OCCC12CNCCO2. The quantitative estimate of drug-likeness (QED) is 0.513. The van der Waals surface area contributed by atoms with Crippen LogP contribution in [-0.4, -0.2) is 31.9 Å². The van der Waals surface area contributed by atoms with E-state index in [0.29, 0.717) is 0 Å². The minimum absolute atomic E-state index is 0.0851. The first kappa shape index (κ1) is 6.58. The van der Waals surface area contributed by atoms with E-state index in [0.717, 1.165) is 32.7 Å². The van der Waals surface area contributed by atoms with Crippen molar-refractivity contribution >= 4 is 0 Å². The van der Waals surface area contributed by atoms with Crippen molar-refractivity contribution in [3.05, 3.63) is 6.61 Å². The average molecular weight is 142 g/mol. The van der Waals surface area contributed by atoms with Crippen molar-refractivity contribution < 1.29 is 9.47 Å². The number of hydrogen-bond acceptors (Lipinski definition) is 3. The van der Waals surface area contributed by atoms with Gasteiger partial charge in [0, 0.05) is 19.5 Å². The molecule has 2 aliphatic rings. The third-order valence-electron chi connectivity index (χ3n) is 2.03. The van der Waals surface area contributed by atoms with Crippen LogP contribution in [0.2, 0.25) is 0 Å². The van der Waals surface area contributed by atoms with Crippen LogP contribution in [0.1, 0.15) is 6.42 Å². The van der Waals surface area contributed by atoms with E-state index < -0.39 is 0 Å². The largest absolute Gasteiger partial charge is 0.372 e. The second kappa shape index (κ2) is 2.49. The fraction of sp³-hybridized carbons (Fsp3) is 0.857. The van der Waals surface area contributed by atoms with Crippen LogP contribution in [0.25, 0.3) is 0 Å². The number of ether oxygens (including phenoxy) is 2. The molecule has 2 aliphatic heterocycles. The molecule has 0 bridgehead atoms. The summed E-state index contributed by atoms with van der Waals surface area (Å²) in [5.41, 5.74) is -0.0851. The van der Waals surface area contributed by atoms with E-state index in [-0.39, 0.29) is 5.60 Å². The zero-order chi connectivity index (χ0) is 6.86. The van der Waals surface area contributed by atoms with Gasteiger partial charge in [0.25, 0.3) is 0 Å². The molecule has 3 nitrogen and oxygen atoms in total. The monoisotopic (exact) mass is 142 g/mol. The van der Waals surface area contributed by atoms with Gasteiger partial charge in [-0.1, -0.05) is 0 Å². The van der Waals surface area contributed by atoms with Crippen molar-refractivity contribution in [1.29, 1.82) is 0 Å². The predicted octanol–water partition coefficient (Wildman–Crippen LogP) is -0.0729. The summed E-state index contributed by atoms with van der Waals surface area (Å²) in [6.45, 7) is 5.32. The first-order valence-corrected chi connectivity index (χ1v) is 3.72. The van der Waals surface area contributed by atoms with Crippen LogP contribution < -0.4 is 5.32 Å². The number of morpholine rings is 1. The van der Waals surface area contributed by atoms with Gasteiger partial charge in [0.05, 0.1) is 13.2 Å². The molecule has 0 aliphatic carbocycles. The molecular weight excluding hydrogens is 130 g/mol. The Kier molecular flexibility index (Phi) is 1.64. The highest BCUT2D eigenvalue weighted by Crippen LogP contribution is 2.27. The van der Waals surface area contributed by atoms with Gasteiger partial charge in [-0.25, -0.2) is 0 Å². The van der Waals surface area contributed by atoms with Crippen molar-refractivity contribution in [3.8, 4) is 0 Å². The summed E-state index contributed by atoms with van der Waals surface area (Å²) in [5, 5.41) is 3.28. The normalized spacial score (nSPS) is 40.8. The Bertz CT molecular complexity index is 113. The fourth-order valence-electron chi connectivity index (χ4n) is 1.42. The Labute approximate surface area is 60.7 Å². The molecule has 3 heteroatoms. The summed E-state index contributed by atoms with van der Waals surface area (Å²) >= 11 is 0. The molecule has 1 radical (unpaired) electrons. The lowest BCUT2D eigenvalue weighted by molar-refractivity contribution is -0.0440. The molecule has 1 spiro atoms. The van der Waals surface area contributed by atoms with E-state index in [1.54, 1.807) is 0 Å². The first-order chi connectivity index (χ1) is 4.91. The van der Waals surface area contributed by atoms with Crippen LogP contribution >= 0.6 is 0 Å². The lowest BCUT2D eigenvalue weighted by Crippen LogP contribution is -2.48. The Hall–Kier alpha value is -0.120. The van der Waals surface area contributed by atoms with Crippen LogP contribution in [0, 0.1) is 6.61 Å². The van der Waals surface area contributed by atoms with E-state index in [2.05, 4.69) is 5.32 Å². The van der Waals surface area contributed by atoms with Gasteiger partial charge in [-0.2, -0.15) is 0 Å². The molecule has 2 heterocycles. The molecule has 0 aromatic rings. The molecule has 1 atom stereocenters. The molecule has 57 valence electrons. The number of hydrogen-bond donors (Lipinski definition) is 1. The average Bonchev–Trinajstić information content (AvgIpc) is 2.39. The maximum atomic E-state index is 5.58. The molecule has 2 rings (SSSR count). The minimum Gasteiger partial charge on any atom is -0.372 e. The van der Waals surface area contributed by atoms with Gasteiger partial charge in [-0.05, 0) is 0 Å². The van der Waals surface area contributed by atoms with Gasteiger partial charge < -0.3 is 14.8 Å². The first-order valence-electron chi connectivity index (χ1n) is 3.72. The van der Waals surface area contributed by atoms with E-state index in [9.17, 15) is 0 Å². The minimum atomic E-state index is -0.0851. The van der Waals surface area contributed by atoms with Gasteiger partial charge in [0.15, 0.2) is 0 Å². The van der Waals surface area contributed by atoms with Crippen molar-refractivity contribution in [2.24, 2.45) is 0 Å². The third-order valence-corrected chi connectivity index (χ3v) is 2.03. The van der Waals surface area contributed by atoms with Crippen LogP contribution in [0.15, 0.2) is 0 Å². The fourth-order valence-corrected chi connectivity index (χ4v) is 1.42. The van der Waals surface area contributed by atoms with Crippen molar-refractivity contribution in [3.63, 3.8) is 0 Å². The van der Waals surface area contributed by atoms with Gasteiger partial charge >= 0.3 is 0 Å². The van der Waals surface area contributed by atoms with Crippen molar-refractivity contribution in [1.82, 2.24) is 5.32 Å². The zero-order valence-electron chi connectivity index (χ0n) is 5.93. The van der Waals surface area contributed by atoms with Crippen LogP contribution in [0.5, 0.6) is 0 Å². The maximum Gasteiger partial charge on any atom is 0.117 e. The zero-order valence-corrected chi connectivity index (χ0v) is 5.93. The smallest absolute Gasteiger partial charge is 0.117 e. The molecule has 0 aromatic carbocycles.